The average Bonchev–Trinajstić information content (AvgIpc) is 2.16. The summed E-state index contributed by atoms with van der Waals surface area (Å²) in [4.78, 5) is 12.9. The van der Waals surface area contributed by atoms with Crippen LogP contribution in [-0.2, 0) is 56.4 Å². The Labute approximate surface area is 127 Å². The van der Waals surface area contributed by atoms with Crippen molar-refractivity contribution >= 4 is 17.1 Å². The smallest absolute Gasteiger partial charge is 0.335 e. The standard InChI is InChI=1S/C8H14NO2S.2Hf/c1-11-8(10)12-7-9-5-3-2-4-6-9;;/h7H,2-6H2,1H3;;/q-1;;. The van der Waals surface area contributed by atoms with Crippen LogP contribution in [0, 0.1) is 5.88 Å². The second-order valence-electron chi connectivity index (χ2n) is 2.77. The molecule has 0 amide bonds. The number of carbonyl (C=O) groups excluding carboxylic acids is 1. The maximum absolute atomic E-state index is 10.7. The molecule has 0 radical (unpaired) electrons. The van der Waals surface area contributed by atoms with Crippen molar-refractivity contribution < 1.29 is 61.2 Å². The maximum atomic E-state index is 10.7. The molecule has 0 aromatic heterocycles. The Hall–Kier alpha value is 1.52. The van der Waals surface area contributed by atoms with Crippen LogP contribution in [-0.4, -0.2) is 30.4 Å². The minimum Gasteiger partial charge on any atom is -0.463 e. The van der Waals surface area contributed by atoms with E-state index in [1.54, 1.807) is 0 Å². The molecule has 1 fully saturated rings. The Morgan fingerprint density at radius 1 is 1.29 bits per heavy atom. The molecule has 1 saturated heterocycles. The molecule has 1 rings (SSSR count). The van der Waals surface area contributed by atoms with Gasteiger partial charge in [0.05, 0.1) is 7.11 Å². The fourth-order valence-corrected chi connectivity index (χ4v) is 1.73. The molecule has 0 aromatic rings. The first-order valence-electron chi connectivity index (χ1n) is 4.15. The summed E-state index contributed by atoms with van der Waals surface area (Å²) in [5.74, 6) is 1.87. The molecule has 1 aliphatic rings. The number of methoxy groups -OCH3 is 1. The van der Waals surface area contributed by atoms with E-state index < -0.39 is 0 Å². The van der Waals surface area contributed by atoms with Gasteiger partial charge in [0.1, 0.15) is 0 Å². The van der Waals surface area contributed by atoms with Gasteiger partial charge >= 0.3 is 5.30 Å². The van der Waals surface area contributed by atoms with Crippen molar-refractivity contribution in [1.29, 1.82) is 0 Å². The van der Waals surface area contributed by atoms with Gasteiger partial charge in [-0.2, -0.15) is 0 Å². The molecule has 6 heteroatoms. The summed E-state index contributed by atoms with van der Waals surface area (Å²) >= 11 is 1.12. The van der Waals surface area contributed by atoms with E-state index in [0.29, 0.717) is 0 Å². The van der Waals surface area contributed by atoms with Crippen LogP contribution in [0.5, 0.6) is 0 Å². The first-order valence-corrected chi connectivity index (χ1v) is 5.03. The van der Waals surface area contributed by atoms with Gasteiger partial charge in [-0.3, -0.25) is 0 Å². The third kappa shape index (κ3) is 7.77. The summed E-state index contributed by atoms with van der Waals surface area (Å²) < 4.78 is 4.51. The number of rotatable bonds is 2. The zero-order valence-corrected chi connectivity index (χ0v) is 16.3. The van der Waals surface area contributed by atoms with Gasteiger partial charge < -0.3 is 9.64 Å². The quantitative estimate of drug-likeness (QED) is 0.302. The predicted molar refractivity (Wildman–Crippen MR) is 49.7 cm³/mol. The largest absolute Gasteiger partial charge is 0.463 e. The molecule has 0 aliphatic carbocycles. The summed E-state index contributed by atoms with van der Waals surface area (Å²) in [6.07, 6.45) is 3.78. The van der Waals surface area contributed by atoms with E-state index in [4.69, 9.17) is 0 Å². The van der Waals surface area contributed by atoms with E-state index >= 15 is 0 Å². The van der Waals surface area contributed by atoms with Crippen molar-refractivity contribution in [3.05, 3.63) is 5.88 Å². The molecule has 0 N–H and O–H groups in total. The molecule has 3 nitrogen and oxygen atoms in total. The van der Waals surface area contributed by atoms with Crippen molar-refractivity contribution in [3.63, 3.8) is 0 Å². The third-order valence-electron chi connectivity index (χ3n) is 1.86. The van der Waals surface area contributed by atoms with Crippen molar-refractivity contribution in [2.75, 3.05) is 20.2 Å². The number of thioether (sulfide) groups is 1. The van der Waals surface area contributed by atoms with Gasteiger partial charge in [0.15, 0.2) is 0 Å². The summed E-state index contributed by atoms with van der Waals surface area (Å²) in [5.41, 5.74) is 0. The van der Waals surface area contributed by atoms with Crippen LogP contribution in [0.4, 0.5) is 4.79 Å². The Morgan fingerprint density at radius 2 is 1.86 bits per heavy atom. The van der Waals surface area contributed by atoms with Crippen LogP contribution in [0.3, 0.4) is 0 Å². The van der Waals surface area contributed by atoms with Crippen LogP contribution in [0.1, 0.15) is 19.3 Å². The molecule has 1 aliphatic heterocycles. The number of carbonyl (C=O) groups is 1. The second-order valence-corrected chi connectivity index (χ2v) is 3.55. The molecule has 0 unspecified atom stereocenters. The Balaban J connectivity index is 0. The van der Waals surface area contributed by atoms with Gasteiger partial charge in [0, 0.05) is 51.7 Å². The Morgan fingerprint density at radius 3 is 2.36 bits per heavy atom. The van der Waals surface area contributed by atoms with Crippen LogP contribution in [0.2, 0.25) is 0 Å². The average molecular weight is 545 g/mol. The van der Waals surface area contributed by atoms with Gasteiger partial charge in [-0.1, -0.05) is 6.42 Å². The van der Waals surface area contributed by atoms with E-state index in [2.05, 4.69) is 9.64 Å². The van der Waals surface area contributed by atoms with Crippen molar-refractivity contribution in [2.24, 2.45) is 0 Å². The Kier molecular flexibility index (Phi) is 14.1. The monoisotopic (exact) mass is 548 g/mol. The second kappa shape index (κ2) is 11.0. The molecular weight excluding hydrogens is 531 g/mol. The van der Waals surface area contributed by atoms with Gasteiger partial charge in [0.25, 0.3) is 0 Å². The first-order chi connectivity index (χ1) is 5.83. The fraction of sp³-hybridized carbons (Fsp3) is 0.750. The third-order valence-corrected chi connectivity index (χ3v) is 2.62. The topological polar surface area (TPSA) is 29.5 Å². The molecule has 0 bridgehead atoms. The van der Waals surface area contributed by atoms with Gasteiger partial charge in [-0.15, -0.1) is 0 Å². The number of likely N-dealkylation sites (tertiary alicyclic amines) is 1. The molecule has 0 atom stereocenters. The van der Waals surface area contributed by atoms with Crippen LogP contribution < -0.4 is 0 Å². The number of ether oxygens (including phenoxy) is 1. The fourth-order valence-electron chi connectivity index (χ4n) is 1.19. The van der Waals surface area contributed by atoms with Gasteiger partial charge in [0.2, 0.25) is 0 Å². The van der Waals surface area contributed by atoms with E-state index in [-0.39, 0.29) is 57.0 Å². The van der Waals surface area contributed by atoms with Crippen molar-refractivity contribution in [1.82, 2.24) is 4.90 Å². The van der Waals surface area contributed by atoms with Gasteiger partial charge in [-0.05, 0) is 25.9 Å². The van der Waals surface area contributed by atoms with Crippen molar-refractivity contribution in [2.45, 2.75) is 19.3 Å². The normalized spacial score (nSPS) is 16.4. The zero-order chi connectivity index (χ0) is 8.81. The van der Waals surface area contributed by atoms with Crippen molar-refractivity contribution in [3.8, 4) is 0 Å². The predicted octanol–water partition coefficient (Wildman–Crippen LogP) is 2.09. The van der Waals surface area contributed by atoms with Crippen LogP contribution in [0.25, 0.3) is 0 Å². The summed E-state index contributed by atoms with van der Waals surface area (Å²) in [6.45, 7) is 2.15. The van der Waals surface area contributed by atoms with E-state index in [0.717, 1.165) is 24.9 Å². The first kappa shape index (κ1) is 17.9. The Bertz CT molecular complexity index is 154. The number of hydrogen-bond acceptors (Lipinski definition) is 4. The molecule has 0 spiro atoms. The molecule has 0 aromatic carbocycles. The number of nitrogens with zero attached hydrogens (tertiary/aromatic N) is 1. The van der Waals surface area contributed by atoms with Crippen LogP contribution >= 0.6 is 11.8 Å². The molecule has 1 heterocycles. The van der Waals surface area contributed by atoms with E-state index in [1.165, 1.54) is 26.4 Å². The molecule has 78 valence electrons. The van der Waals surface area contributed by atoms with Gasteiger partial charge in [-0.25, -0.2) is 22.4 Å². The molecular formula is C8H14Hf2NO2S-. The maximum Gasteiger partial charge on any atom is 0.335 e. The minimum atomic E-state index is -0.236. The minimum absolute atomic E-state index is 0. The van der Waals surface area contributed by atoms with E-state index in [1.807, 2.05) is 5.88 Å². The molecule has 0 saturated carbocycles. The number of hydrogen-bond donors (Lipinski definition) is 0. The van der Waals surface area contributed by atoms with E-state index in [9.17, 15) is 4.79 Å². The summed E-state index contributed by atoms with van der Waals surface area (Å²) in [7, 11) is 1.40. The zero-order valence-electron chi connectivity index (χ0n) is 8.28. The summed E-state index contributed by atoms with van der Waals surface area (Å²) in [6, 6.07) is 0. The number of piperidine rings is 1. The SMILES string of the molecule is COC(=O)S[CH-]N1CCCCC1.[Hf].[Hf]. The van der Waals surface area contributed by atoms with Crippen LogP contribution in [0.15, 0.2) is 0 Å². The molecule has 14 heavy (non-hydrogen) atoms. The summed E-state index contributed by atoms with van der Waals surface area (Å²) in [5, 5.41) is -0.236.